The van der Waals surface area contributed by atoms with E-state index in [1.165, 1.54) is 24.3 Å². The molecule has 0 aromatic heterocycles. The summed E-state index contributed by atoms with van der Waals surface area (Å²) in [5.74, 6) is -0.466. The van der Waals surface area contributed by atoms with Crippen molar-refractivity contribution in [3.05, 3.63) is 54.3 Å². The van der Waals surface area contributed by atoms with E-state index < -0.39 is 0 Å². The Balaban J connectivity index is 1.83. The lowest BCUT2D eigenvalue weighted by molar-refractivity contribution is -0.116. The number of hydrogen-bond acceptors (Lipinski definition) is 4. The van der Waals surface area contributed by atoms with Crippen LogP contribution in [0.25, 0.3) is 0 Å². The van der Waals surface area contributed by atoms with Crippen LogP contribution in [-0.2, 0) is 4.79 Å². The third-order valence-corrected chi connectivity index (χ3v) is 3.78. The van der Waals surface area contributed by atoms with E-state index in [0.717, 1.165) is 11.4 Å². The average Bonchev–Trinajstić information content (AvgIpc) is 2.57. The molecule has 1 atom stereocenters. The summed E-state index contributed by atoms with van der Waals surface area (Å²) in [6.45, 7) is 2.61. The maximum Gasteiger partial charge on any atom is 0.226 e. The standard InChI is InChI=1S/C19H24FN3O2/c1-14(13-19(25)22-17-5-3-15(20)4-6-17)21-16-7-9-18(10-8-16)23(2)11-12-24/h3-10,14,21,24H,11-13H2,1-2H3,(H,22,25). The summed E-state index contributed by atoms with van der Waals surface area (Å²) < 4.78 is 12.9. The van der Waals surface area contributed by atoms with Crippen molar-refractivity contribution in [3.8, 4) is 0 Å². The van der Waals surface area contributed by atoms with E-state index in [4.69, 9.17) is 5.11 Å². The van der Waals surface area contributed by atoms with Gasteiger partial charge >= 0.3 is 0 Å². The number of carbonyl (C=O) groups is 1. The summed E-state index contributed by atoms with van der Waals surface area (Å²) in [5, 5.41) is 15.0. The second-order valence-electron chi connectivity index (χ2n) is 6.00. The summed E-state index contributed by atoms with van der Waals surface area (Å²) in [4.78, 5) is 14.0. The Labute approximate surface area is 147 Å². The molecule has 134 valence electrons. The second kappa shape index (κ2) is 9.03. The maximum absolute atomic E-state index is 12.9. The van der Waals surface area contributed by atoms with Crippen molar-refractivity contribution >= 4 is 23.0 Å². The van der Waals surface area contributed by atoms with E-state index in [2.05, 4.69) is 10.6 Å². The van der Waals surface area contributed by atoms with Crippen molar-refractivity contribution in [2.24, 2.45) is 0 Å². The lowest BCUT2D eigenvalue weighted by Gasteiger charge is -2.19. The lowest BCUT2D eigenvalue weighted by atomic mass is 10.2. The molecule has 0 bridgehead atoms. The van der Waals surface area contributed by atoms with Crippen LogP contribution in [0.4, 0.5) is 21.5 Å². The monoisotopic (exact) mass is 345 g/mol. The van der Waals surface area contributed by atoms with E-state index in [1.54, 1.807) is 0 Å². The van der Waals surface area contributed by atoms with Gasteiger partial charge in [0.05, 0.1) is 6.61 Å². The molecule has 0 aliphatic rings. The van der Waals surface area contributed by atoms with Crippen molar-refractivity contribution < 1.29 is 14.3 Å². The van der Waals surface area contributed by atoms with E-state index in [0.29, 0.717) is 18.7 Å². The molecular weight excluding hydrogens is 321 g/mol. The van der Waals surface area contributed by atoms with Crippen LogP contribution in [0.5, 0.6) is 0 Å². The number of halogens is 1. The molecule has 1 amide bonds. The minimum Gasteiger partial charge on any atom is -0.395 e. The molecule has 2 rings (SSSR count). The van der Waals surface area contributed by atoms with Crippen LogP contribution >= 0.6 is 0 Å². The number of aliphatic hydroxyl groups is 1. The zero-order valence-corrected chi connectivity index (χ0v) is 14.5. The Morgan fingerprint density at radius 3 is 2.32 bits per heavy atom. The molecule has 0 saturated heterocycles. The molecule has 2 aromatic carbocycles. The van der Waals surface area contributed by atoms with Gasteiger partial charge < -0.3 is 20.6 Å². The Hall–Kier alpha value is -2.60. The number of nitrogens with zero attached hydrogens (tertiary/aromatic N) is 1. The molecule has 25 heavy (non-hydrogen) atoms. The molecule has 0 heterocycles. The van der Waals surface area contributed by atoms with Crippen molar-refractivity contribution in [2.45, 2.75) is 19.4 Å². The molecule has 0 fully saturated rings. The minimum atomic E-state index is -0.332. The Bertz CT molecular complexity index is 674. The van der Waals surface area contributed by atoms with Crippen LogP contribution in [0, 0.1) is 5.82 Å². The highest BCUT2D eigenvalue weighted by molar-refractivity contribution is 5.91. The van der Waals surface area contributed by atoms with Gasteiger partial charge in [-0.15, -0.1) is 0 Å². The van der Waals surface area contributed by atoms with Gasteiger partial charge in [0.25, 0.3) is 0 Å². The average molecular weight is 345 g/mol. The third kappa shape index (κ3) is 6.08. The Morgan fingerprint density at radius 1 is 1.12 bits per heavy atom. The van der Waals surface area contributed by atoms with E-state index in [9.17, 15) is 9.18 Å². The molecule has 2 aromatic rings. The highest BCUT2D eigenvalue weighted by Gasteiger charge is 2.10. The van der Waals surface area contributed by atoms with Gasteiger partial charge in [0.2, 0.25) is 5.91 Å². The van der Waals surface area contributed by atoms with Gasteiger partial charge in [-0.1, -0.05) is 0 Å². The molecule has 3 N–H and O–H groups in total. The van der Waals surface area contributed by atoms with Crippen molar-refractivity contribution in [1.29, 1.82) is 0 Å². The van der Waals surface area contributed by atoms with E-state index in [-0.39, 0.29) is 24.4 Å². The van der Waals surface area contributed by atoms with Gasteiger partial charge in [0, 0.05) is 43.1 Å². The number of aliphatic hydroxyl groups excluding tert-OH is 1. The molecule has 5 nitrogen and oxygen atoms in total. The van der Waals surface area contributed by atoms with Gasteiger partial charge in [0.15, 0.2) is 0 Å². The van der Waals surface area contributed by atoms with Gasteiger partial charge in [-0.2, -0.15) is 0 Å². The SMILES string of the molecule is CC(CC(=O)Nc1ccc(F)cc1)Nc1ccc(N(C)CCO)cc1. The number of anilines is 3. The van der Waals surface area contributed by atoms with E-state index in [1.807, 2.05) is 43.1 Å². The van der Waals surface area contributed by atoms with Crippen molar-refractivity contribution in [2.75, 3.05) is 35.7 Å². The first-order valence-electron chi connectivity index (χ1n) is 8.22. The zero-order valence-electron chi connectivity index (χ0n) is 14.5. The van der Waals surface area contributed by atoms with E-state index >= 15 is 0 Å². The van der Waals surface area contributed by atoms with Gasteiger partial charge in [-0.05, 0) is 55.5 Å². The number of likely N-dealkylation sites (N-methyl/N-ethyl adjacent to an activating group) is 1. The lowest BCUT2D eigenvalue weighted by Crippen LogP contribution is -2.24. The second-order valence-corrected chi connectivity index (χ2v) is 6.00. The molecule has 0 saturated carbocycles. The number of hydrogen-bond donors (Lipinski definition) is 3. The third-order valence-electron chi connectivity index (χ3n) is 3.78. The highest BCUT2D eigenvalue weighted by atomic mass is 19.1. The summed E-state index contributed by atoms with van der Waals surface area (Å²) in [6.07, 6.45) is 0.295. The molecule has 0 radical (unpaired) electrons. The first-order chi connectivity index (χ1) is 12.0. The molecule has 0 aliphatic carbocycles. The van der Waals surface area contributed by atoms with Crippen molar-refractivity contribution in [3.63, 3.8) is 0 Å². The summed E-state index contributed by atoms with van der Waals surface area (Å²) >= 11 is 0. The van der Waals surface area contributed by atoms with Gasteiger partial charge in [-0.3, -0.25) is 4.79 Å². The Kier molecular flexibility index (Phi) is 6.77. The molecule has 1 unspecified atom stereocenters. The van der Waals surface area contributed by atoms with Crippen molar-refractivity contribution in [1.82, 2.24) is 0 Å². The fraction of sp³-hybridized carbons (Fsp3) is 0.316. The highest BCUT2D eigenvalue weighted by Crippen LogP contribution is 2.18. The predicted octanol–water partition coefficient (Wildman–Crippen LogP) is 3.08. The first-order valence-corrected chi connectivity index (χ1v) is 8.22. The number of carbonyl (C=O) groups excluding carboxylic acids is 1. The minimum absolute atomic E-state index is 0.0542. The number of rotatable bonds is 8. The predicted molar refractivity (Wildman–Crippen MR) is 99.5 cm³/mol. The molecular formula is C19H24FN3O2. The largest absolute Gasteiger partial charge is 0.395 e. The van der Waals surface area contributed by atoms with Crippen LogP contribution in [0.1, 0.15) is 13.3 Å². The molecule has 0 aliphatic heterocycles. The zero-order chi connectivity index (χ0) is 18.2. The fourth-order valence-corrected chi connectivity index (χ4v) is 2.45. The normalized spacial score (nSPS) is 11.7. The summed E-state index contributed by atoms with van der Waals surface area (Å²) in [6, 6.07) is 13.4. The topological polar surface area (TPSA) is 64.6 Å². The van der Waals surface area contributed by atoms with Crippen LogP contribution < -0.4 is 15.5 Å². The number of amides is 1. The van der Waals surface area contributed by atoms with Crippen LogP contribution in [-0.4, -0.2) is 37.3 Å². The van der Waals surface area contributed by atoms with Crippen LogP contribution in [0.15, 0.2) is 48.5 Å². The smallest absolute Gasteiger partial charge is 0.226 e. The summed E-state index contributed by atoms with van der Waals surface area (Å²) in [5.41, 5.74) is 2.51. The first kappa shape index (κ1) is 18.7. The number of benzene rings is 2. The van der Waals surface area contributed by atoms with Gasteiger partial charge in [0.1, 0.15) is 5.82 Å². The van der Waals surface area contributed by atoms with Gasteiger partial charge in [-0.25, -0.2) is 4.39 Å². The van der Waals surface area contributed by atoms with Crippen LogP contribution in [0.2, 0.25) is 0 Å². The summed E-state index contributed by atoms with van der Waals surface area (Å²) in [7, 11) is 1.92. The van der Waals surface area contributed by atoms with Crippen LogP contribution in [0.3, 0.4) is 0 Å². The molecule has 0 spiro atoms. The Morgan fingerprint density at radius 2 is 1.72 bits per heavy atom. The quantitative estimate of drug-likeness (QED) is 0.688. The number of nitrogens with one attached hydrogen (secondary N) is 2. The molecule has 6 heteroatoms. The fourth-order valence-electron chi connectivity index (χ4n) is 2.45. The maximum atomic E-state index is 12.9.